The average molecular weight is 560 g/mol. The van der Waals surface area contributed by atoms with E-state index in [0.717, 1.165) is 77.0 Å². The normalized spacial score (nSPS) is 18.5. The lowest BCUT2D eigenvalue weighted by Crippen LogP contribution is -2.48. The van der Waals surface area contributed by atoms with Crippen molar-refractivity contribution in [1.82, 2.24) is 15.5 Å². The Balaban J connectivity index is 0.00000363. The van der Waals surface area contributed by atoms with Crippen molar-refractivity contribution in [3.63, 3.8) is 0 Å². The Morgan fingerprint density at radius 2 is 1.78 bits per heavy atom. The second-order valence-electron chi connectivity index (χ2n) is 8.83. The van der Waals surface area contributed by atoms with Crippen LogP contribution in [0, 0.1) is 5.41 Å². The van der Waals surface area contributed by atoms with Crippen LogP contribution in [0.3, 0.4) is 0 Å². The first-order valence-corrected chi connectivity index (χ1v) is 11.7. The average Bonchev–Trinajstić information content (AvgIpc) is 2.80. The quantitative estimate of drug-likeness (QED) is 0.188. The summed E-state index contributed by atoms with van der Waals surface area (Å²) in [7, 11) is 5.36. The summed E-state index contributed by atoms with van der Waals surface area (Å²) in [4.78, 5) is 9.42. The minimum Gasteiger partial charge on any atom is -0.497 e. The third-order valence-corrected chi connectivity index (χ3v) is 6.86. The number of guanidine groups is 1. The fourth-order valence-corrected chi connectivity index (χ4v) is 4.53. The Labute approximate surface area is 211 Å². The lowest BCUT2D eigenvalue weighted by molar-refractivity contribution is 0.0732. The van der Waals surface area contributed by atoms with Crippen LogP contribution < -0.4 is 20.3 Å². The van der Waals surface area contributed by atoms with Crippen molar-refractivity contribution in [3.8, 4) is 5.75 Å². The number of methoxy groups -OCH3 is 2. The Kier molecular flexibility index (Phi) is 11.9. The Morgan fingerprint density at radius 1 is 1.06 bits per heavy atom. The number of rotatable bonds is 11. The zero-order valence-electron chi connectivity index (χ0n) is 20.1. The third kappa shape index (κ3) is 7.95. The van der Waals surface area contributed by atoms with Crippen LogP contribution in [0.2, 0.25) is 0 Å². The summed E-state index contributed by atoms with van der Waals surface area (Å²) in [5.41, 5.74) is 1.68. The maximum Gasteiger partial charge on any atom is 0.190 e. The SMILES string of the molecule is CN=C(NCCCN1CCN(c2ccc(OC)cc2)CC1)NCC1(CCOC)CCC1.I. The maximum absolute atomic E-state index is 5.30. The highest BCUT2D eigenvalue weighted by Gasteiger charge is 2.36. The van der Waals surface area contributed by atoms with Crippen LogP contribution >= 0.6 is 24.0 Å². The molecule has 0 bridgehead atoms. The van der Waals surface area contributed by atoms with Crippen molar-refractivity contribution >= 4 is 35.6 Å². The van der Waals surface area contributed by atoms with Crippen molar-refractivity contribution in [3.05, 3.63) is 24.3 Å². The Hall–Kier alpha value is -1.26. The van der Waals surface area contributed by atoms with Crippen molar-refractivity contribution in [2.45, 2.75) is 32.1 Å². The van der Waals surface area contributed by atoms with E-state index >= 15 is 0 Å². The molecule has 0 atom stereocenters. The number of ether oxygens (including phenoxy) is 2. The number of anilines is 1. The van der Waals surface area contributed by atoms with Gasteiger partial charge in [0.05, 0.1) is 7.11 Å². The topological polar surface area (TPSA) is 61.4 Å². The summed E-state index contributed by atoms with van der Waals surface area (Å²) in [5, 5.41) is 7.04. The lowest BCUT2D eigenvalue weighted by Gasteiger charge is -2.42. The van der Waals surface area contributed by atoms with E-state index in [1.165, 1.54) is 24.9 Å². The number of hydrogen-bond donors (Lipinski definition) is 2. The molecule has 182 valence electrons. The van der Waals surface area contributed by atoms with Gasteiger partial charge in [0, 0.05) is 65.7 Å². The number of benzene rings is 1. The van der Waals surface area contributed by atoms with Gasteiger partial charge >= 0.3 is 0 Å². The molecule has 0 spiro atoms. The molecule has 0 unspecified atom stereocenters. The van der Waals surface area contributed by atoms with E-state index in [1.807, 2.05) is 19.2 Å². The molecule has 1 aromatic rings. The summed E-state index contributed by atoms with van der Waals surface area (Å²) in [6.07, 6.45) is 6.18. The van der Waals surface area contributed by atoms with E-state index in [0.29, 0.717) is 5.41 Å². The van der Waals surface area contributed by atoms with Gasteiger partial charge in [-0.05, 0) is 61.9 Å². The fraction of sp³-hybridized carbons (Fsp3) is 0.708. The first-order valence-electron chi connectivity index (χ1n) is 11.7. The van der Waals surface area contributed by atoms with Crippen LogP contribution in [0.4, 0.5) is 5.69 Å². The van der Waals surface area contributed by atoms with Gasteiger partial charge in [0.15, 0.2) is 5.96 Å². The van der Waals surface area contributed by atoms with Crippen LogP contribution in [-0.4, -0.2) is 84.5 Å². The largest absolute Gasteiger partial charge is 0.497 e. The Morgan fingerprint density at radius 3 is 2.34 bits per heavy atom. The molecule has 8 heteroatoms. The lowest BCUT2D eigenvalue weighted by atomic mass is 9.67. The predicted octanol–water partition coefficient (Wildman–Crippen LogP) is 3.20. The smallest absolute Gasteiger partial charge is 0.190 e. The molecular weight excluding hydrogens is 517 g/mol. The number of nitrogens with one attached hydrogen (secondary N) is 2. The molecular formula is C24H42IN5O2. The van der Waals surface area contributed by atoms with Crippen molar-refractivity contribution in [2.24, 2.45) is 10.4 Å². The van der Waals surface area contributed by atoms with Crippen molar-refractivity contribution in [2.75, 3.05) is 78.6 Å². The molecule has 1 aromatic carbocycles. The van der Waals surface area contributed by atoms with Gasteiger partial charge < -0.3 is 25.0 Å². The van der Waals surface area contributed by atoms with E-state index in [1.54, 1.807) is 14.2 Å². The van der Waals surface area contributed by atoms with Gasteiger partial charge in [0.1, 0.15) is 5.75 Å². The second kappa shape index (κ2) is 14.1. The van der Waals surface area contributed by atoms with Gasteiger partial charge in [0.25, 0.3) is 0 Å². The molecule has 0 aromatic heterocycles. The minimum absolute atomic E-state index is 0. The standard InChI is InChI=1S/C24H41N5O2.HI/c1-25-23(27-20-24(10-4-11-24)12-19-30-2)26-13-5-14-28-15-17-29(18-16-28)21-6-8-22(31-3)9-7-21;/h6-9H,4-5,10-20H2,1-3H3,(H2,25,26,27);1H. The highest BCUT2D eigenvalue weighted by atomic mass is 127. The molecule has 0 amide bonds. The highest BCUT2D eigenvalue weighted by molar-refractivity contribution is 14.0. The summed E-state index contributed by atoms with van der Waals surface area (Å²) in [5.74, 6) is 1.84. The van der Waals surface area contributed by atoms with Crippen molar-refractivity contribution in [1.29, 1.82) is 0 Å². The fourth-order valence-electron chi connectivity index (χ4n) is 4.53. The first-order chi connectivity index (χ1) is 15.2. The van der Waals surface area contributed by atoms with Crippen LogP contribution in [0.1, 0.15) is 32.1 Å². The van der Waals surface area contributed by atoms with Crippen LogP contribution in [0.25, 0.3) is 0 Å². The maximum atomic E-state index is 5.30. The number of halogens is 1. The van der Waals surface area contributed by atoms with Crippen LogP contribution in [0.5, 0.6) is 5.75 Å². The zero-order chi connectivity index (χ0) is 21.9. The number of nitrogens with zero attached hydrogens (tertiary/aromatic N) is 3. The van der Waals surface area contributed by atoms with E-state index in [4.69, 9.17) is 9.47 Å². The second-order valence-corrected chi connectivity index (χ2v) is 8.83. The molecule has 1 saturated carbocycles. The summed E-state index contributed by atoms with van der Waals surface area (Å²) < 4.78 is 10.6. The number of aliphatic imine (C=N–C) groups is 1. The van der Waals surface area contributed by atoms with Gasteiger partial charge in [-0.1, -0.05) is 6.42 Å². The molecule has 1 aliphatic carbocycles. The van der Waals surface area contributed by atoms with E-state index in [2.05, 4.69) is 37.6 Å². The number of piperazine rings is 1. The summed E-state index contributed by atoms with van der Waals surface area (Å²) in [6.45, 7) is 8.28. The van der Waals surface area contributed by atoms with Crippen LogP contribution in [-0.2, 0) is 4.74 Å². The van der Waals surface area contributed by atoms with Crippen molar-refractivity contribution < 1.29 is 9.47 Å². The molecule has 0 radical (unpaired) electrons. The third-order valence-electron chi connectivity index (χ3n) is 6.86. The summed E-state index contributed by atoms with van der Waals surface area (Å²) in [6, 6.07) is 8.39. The zero-order valence-corrected chi connectivity index (χ0v) is 22.4. The molecule has 2 N–H and O–H groups in total. The molecule has 7 nitrogen and oxygen atoms in total. The molecule has 3 rings (SSSR count). The van der Waals surface area contributed by atoms with Gasteiger partial charge in [0.2, 0.25) is 0 Å². The Bertz CT molecular complexity index is 673. The van der Waals surface area contributed by atoms with E-state index in [9.17, 15) is 0 Å². The van der Waals surface area contributed by atoms with Gasteiger partial charge in [-0.2, -0.15) is 0 Å². The highest BCUT2D eigenvalue weighted by Crippen LogP contribution is 2.43. The van der Waals surface area contributed by atoms with Crippen LogP contribution in [0.15, 0.2) is 29.3 Å². The van der Waals surface area contributed by atoms with Gasteiger partial charge in [-0.25, -0.2) is 0 Å². The molecule has 1 aliphatic heterocycles. The van der Waals surface area contributed by atoms with Gasteiger partial charge in [-0.3, -0.25) is 9.89 Å². The molecule has 1 heterocycles. The van der Waals surface area contributed by atoms with Gasteiger partial charge in [-0.15, -0.1) is 24.0 Å². The molecule has 1 saturated heterocycles. The monoisotopic (exact) mass is 559 g/mol. The predicted molar refractivity (Wildman–Crippen MR) is 144 cm³/mol. The molecule has 2 fully saturated rings. The summed E-state index contributed by atoms with van der Waals surface area (Å²) >= 11 is 0. The first kappa shape index (κ1) is 27.0. The molecule has 2 aliphatic rings. The van der Waals surface area contributed by atoms with E-state index < -0.39 is 0 Å². The molecule has 32 heavy (non-hydrogen) atoms. The van der Waals surface area contributed by atoms with E-state index in [-0.39, 0.29) is 24.0 Å². The minimum atomic E-state index is 0. The number of hydrogen-bond acceptors (Lipinski definition) is 5.